The number of carbonyl (C=O) groups is 2. The number of ether oxygens (including phenoxy) is 3. The molecule has 0 N–H and O–H groups in total. The maximum Gasteiger partial charge on any atom is 0.473 e. The molecule has 2 unspecified atom stereocenters. The highest BCUT2D eigenvalue weighted by atomic mass is 19.4. The first-order valence-electron chi connectivity index (χ1n) is 8.55. The molecule has 0 saturated carbocycles. The molecule has 1 rings (SSSR count). The van der Waals surface area contributed by atoms with Crippen molar-refractivity contribution in [2.75, 3.05) is 13.2 Å². The molecular formula is C17H16F12O5. The fourth-order valence-corrected chi connectivity index (χ4v) is 1.61. The van der Waals surface area contributed by atoms with Gasteiger partial charge in [-0.25, -0.2) is 14.0 Å². The van der Waals surface area contributed by atoms with Crippen LogP contribution in [0.1, 0.15) is 13.3 Å². The summed E-state index contributed by atoms with van der Waals surface area (Å²) < 4.78 is 164. The van der Waals surface area contributed by atoms with E-state index in [9.17, 15) is 62.3 Å². The Morgan fingerprint density at radius 2 is 1.50 bits per heavy atom. The summed E-state index contributed by atoms with van der Waals surface area (Å²) >= 11 is 0. The molecule has 1 saturated heterocycles. The SMILES string of the molecule is C=C(C)C(=O)OCC1CO1.C=CC(=O)OC(F)(F)C(F)(F)C(F)(F)C(F)(F)C(F)CC(F)(F)F. The molecule has 2 atom stereocenters. The van der Waals surface area contributed by atoms with Crippen LogP contribution in [0.25, 0.3) is 0 Å². The second-order valence-corrected chi connectivity index (χ2v) is 6.53. The van der Waals surface area contributed by atoms with Crippen molar-refractivity contribution in [3.05, 3.63) is 24.8 Å². The van der Waals surface area contributed by atoms with Gasteiger partial charge in [0.25, 0.3) is 0 Å². The molecule has 0 aliphatic carbocycles. The number of hydrogen-bond donors (Lipinski definition) is 0. The molecule has 17 heteroatoms. The van der Waals surface area contributed by atoms with Crippen molar-refractivity contribution < 1.29 is 76.5 Å². The summed E-state index contributed by atoms with van der Waals surface area (Å²) in [5.41, 5.74) is 0.431. The lowest BCUT2D eigenvalue weighted by atomic mass is 9.97. The molecular weight excluding hydrogens is 512 g/mol. The van der Waals surface area contributed by atoms with Gasteiger partial charge >= 0.3 is 42.0 Å². The minimum absolute atomic E-state index is 0.142. The summed E-state index contributed by atoms with van der Waals surface area (Å²) in [6, 6.07) is 0. The second kappa shape index (κ2) is 10.9. The third kappa shape index (κ3) is 8.09. The average Bonchev–Trinajstić information content (AvgIpc) is 3.48. The third-order valence-corrected chi connectivity index (χ3v) is 3.53. The van der Waals surface area contributed by atoms with E-state index in [0.717, 1.165) is 0 Å². The molecule has 0 aromatic rings. The Bertz CT molecular complexity index is 758. The van der Waals surface area contributed by atoms with Crippen LogP contribution in [-0.4, -0.2) is 67.5 Å². The number of alkyl halides is 12. The molecule has 198 valence electrons. The Hall–Kier alpha value is -2.46. The molecule has 5 nitrogen and oxygen atoms in total. The first kappa shape index (κ1) is 31.5. The van der Waals surface area contributed by atoms with E-state index >= 15 is 0 Å². The third-order valence-electron chi connectivity index (χ3n) is 3.53. The van der Waals surface area contributed by atoms with Gasteiger partial charge in [0.1, 0.15) is 12.7 Å². The van der Waals surface area contributed by atoms with Gasteiger partial charge < -0.3 is 14.2 Å². The Kier molecular flexibility index (Phi) is 10.1. The summed E-state index contributed by atoms with van der Waals surface area (Å²) in [6.07, 6.45) is -20.8. The molecule has 34 heavy (non-hydrogen) atoms. The predicted molar refractivity (Wildman–Crippen MR) is 87.2 cm³/mol. The fourth-order valence-electron chi connectivity index (χ4n) is 1.61. The maximum absolute atomic E-state index is 13.1. The van der Waals surface area contributed by atoms with E-state index in [1.165, 1.54) is 0 Å². The van der Waals surface area contributed by atoms with Crippen molar-refractivity contribution in [1.82, 2.24) is 0 Å². The molecule has 0 spiro atoms. The molecule has 1 fully saturated rings. The predicted octanol–water partition coefficient (Wildman–Crippen LogP) is 5.01. The van der Waals surface area contributed by atoms with Crippen LogP contribution in [0.5, 0.6) is 0 Å². The maximum atomic E-state index is 13.1. The minimum atomic E-state index is -7.35. The van der Waals surface area contributed by atoms with E-state index < -0.39 is 48.6 Å². The Labute approximate surface area is 183 Å². The molecule has 1 heterocycles. The van der Waals surface area contributed by atoms with E-state index in [4.69, 9.17) is 9.47 Å². The first-order valence-corrected chi connectivity index (χ1v) is 8.55. The van der Waals surface area contributed by atoms with Crippen LogP contribution in [0.15, 0.2) is 24.8 Å². The van der Waals surface area contributed by atoms with Crippen LogP contribution < -0.4 is 0 Å². The van der Waals surface area contributed by atoms with Crippen molar-refractivity contribution in [3.8, 4) is 0 Å². The van der Waals surface area contributed by atoms with Gasteiger partial charge in [-0.05, 0) is 6.92 Å². The van der Waals surface area contributed by atoms with Crippen LogP contribution in [0, 0.1) is 0 Å². The molecule has 1 aliphatic rings. The number of esters is 2. The normalized spacial score (nSPS) is 17.6. The largest absolute Gasteiger partial charge is 0.473 e. The smallest absolute Gasteiger partial charge is 0.459 e. The lowest BCUT2D eigenvalue weighted by molar-refractivity contribution is -0.422. The zero-order valence-corrected chi connectivity index (χ0v) is 16.8. The van der Waals surface area contributed by atoms with E-state index in [1.54, 1.807) is 6.92 Å². The zero-order chi connectivity index (χ0) is 27.3. The van der Waals surface area contributed by atoms with Gasteiger partial charge in [0.2, 0.25) is 0 Å². The minimum Gasteiger partial charge on any atom is -0.459 e. The van der Waals surface area contributed by atoms with Crippen molar-refractivity contribution >= 4 is 11.9 Å². The summed E-state index contributed by atoms with van der Waals surface area (Å²) in [5.74, 6) is -24.3. The number of carbonyl (C=O) groups excluding carboxylic acids is 2. The van der Waals surface area contributed by atoms with Gasteiger partial charge in [-0.3, -0.25) is 0 Å². The van der Waals surface area contributed by atoms with Crippen molar-refractivity contribution in [2.45, 2.75) is 55.7 Å². The lowest BCUT2D eigenvalue weighted by Crippen LogP contribution is -2.65. The Morgan fingerprint density at radius 3 is 1.85 bits per heavy atom. The van der Waals surface area contributed by atoms with Gasteiger partial charge in [-0.1, -0.05) is 13.2 Å². The van der Waals surface area contributed by atoms with Crippen LogP contribution in [0.2, 0.25) is 0 Å². The Morgan fingerprint density at radius 1 is 1.03 bits per heavy atom. The fraction of sp³-hybridized carbons (Fsp3) is 0.647. The van der Waals surface area contributed by atoms with Crippen molar-refractivity contribution in [2.24, 2.45) is 0 Å². The second-order valence-electron chi connectivity index (χ2n) is 6.53. The van der Waals surface area contributed by atoms with Gasteiger partial charge in [-0.2, -0.15) is 48.3 Å². The highest BCUT2D eigenvalue weighted by Crippen LogP contribution is 2.55. The highest BCUT2D eigenvalue weighted by molar-refractivity contribution is 5.86. The average molecular weight is 528 g/mol. The van der Waals surface area contributed by atoms with Gasteiger partial charge in [0.15, 0.2) is 6.17 Å². The summed E-state index contributed by atoms with van der Waals surface area (Å²) in [4.78, 5) is 21.1. The standard InChI is InChI=1S/C10H6F12O2.C7H10O3/c1-2-5(23)24-10(21,22)9(19,20)8(17,18)7(15,16)4(11)3-6(12,13)14;1-5(2)7(8)10-4-6-3-9-6/h2,4H,1,3H2;6H,1,3-4H2,2H3. The number of halogens is 12. The molecule has 0 aromatic carbocycles. The lowest BCUT2D eigenvalue weighted by Gasteiger charge is -2.36. The number of hydrogen-bond acceptors (Lipinski definition) is 5. The van der Waals surface area contributed by atoms with Gasteiger partial charge in [0.05, 0.1) is 13.0 Å². The quantitative estimate of drug-likeness (QED) is 0.173. The summed E-state index contributed by atoms with van der Waals surface area (Å²) in [6.45, 7) is 8.57. The first-order chi connectivity index (χ1) is 15.0. The Balaban J connectivity index is 0.000000896. The molecule has 0 amide bonds. The van der Waals surface area contributed by atoms with Crippen molar-refractivity contribution in [3.63, 3.8) is 0 Å². The van der Waals surface area contributed by atoms with Gasteiger partial charge in [0, 0.05) is 11.6 Å². The monoisotopic (exact) mass is 528 g/mol. The van der Waals surface area contributed by atoms with Crippen LogP contribution in [-0.2, 0) is 23.8 Å². The van der Waals surface area contributed by atoms with Crippen LogP contribution in [0.3, 0.4) is 0 Å². The van der Waals surface area contributed by atoms with Crippen LogP contribution in [0.4, 0.5) is 52.7 Å². The van der Waals surface area contributed by atoms with Crippen molar-refractivity contribution in [1.29, 1.82) is 0 Å². The molecule has 1 aliphatic heterocycles. The van der Waals surface area contributed by atoms with Crippen LogP contribution >= 0.6 is 0 Å². The molecule has 0 aromatic heterocycles. The highest BCUT2D eigenvalue weighted by Gasteiger charge is 2.84. The number of rotatable bonds is 10. The summed E-state index contributed by atoms with van der Waals surface area (Å²) in [7, 11) is 0. The topological polar surface area (TPSA) is 65.1 Å². The van der Waals surface area contributed by atoms with E-state index in [2.05, 4.69) is 17.9 Å². The summed E-state index contributed by atoms with van der Waals surface area (Å²) in [5, 5.41) is 0. The van der Waals surface area contributed by atoms with E-state index in [-0.39, 0.29) is 18.1 Å². The molecule has 0 bridgehead atoms. The molecule has 0 radical (unpaired) electrons. The number of epoxide rings is 1. The van der Waals surface area contributed by atoms with E-state index in [1.807, 2.05) is 0 Å². The zero-order valence-electron chi connectivity index (χ0n) is 16.8. The van der Waals surface area contributed by atoms with Gasteiger partial charge in [-0.15, -0.1) is 0 Å². The van der Waals surface area contributed by atoms with E-state index in [0.29, 0.717) is 18.8 Å².